The molecule has 0 aromatic heterocycles. The van der Waals surface area contributed by atoms with Gasteiger partial charge in [-0.05, 0) is 45.5 Å². The third-order valence-electron chi connectivity index (χ3n) is 3.34. The van der Waals surface area contributed by atoms with Crippen LogP contribution in [0.5, 0.6) is 0 Å². The summed E-state index contributed by atoms with van der Waals surface area (Å²) < 4.78 is 5.93. The van der Waals surface area contributed by atoms with Crippen LogP contribution in [0.3, 0.4) is 0 Å². The van der Waals surface area contributed by atoms with E-state index in [2.05, 4.69) is 49.2 Å². The summed E-state index contributed by atoms with van der Waals surface area (Å²) in [4.78, 5) is 2.35. The first-order valence-corrected chi connectivity index (χ1v) is 7.15. The van der Waals surface area contributed by atoms with Crippen LogP contribution < -0.4 is 10.2 Å². The second-order valence-corrected chi connectivity index (χ2v) is 6.28. The Morgan fingerprint density at radius 1 is 1.47 bits per heavy atom. The van der Waals surface area contributed by atoms with Crippen LogP contribution in [0.15, 0.2) is 18.2 Å². The topological polar surface area (TPSA) is 24.5 Å². The van der Waals surface area contributed by atoms with E-state index in [-0.39, 0.29) is 11.7 Å². The second kappa shape index (κ2) is 5.70. The largest absolute Gasteiger partial charge is 0.369 e. The highest BCUT2D eigenvalue weighted by molar-refractivity contribution is 6.31. The van der Waals surface area contributed by atoms with Crippen molar-refractivity contribution in [3.05, 3.63) is 28.8 Å². The van der Waals surface area contributed by atoms with Crippen LogP contribution in [0.25, 0.3) is 0 Å². The van der Waals surface area contributed by atoms with Gasteiger partial charge in [-0.3, -0.25) is 0 Å². The molecule has 1 aliphatic heterocycles. The minimum absolute atomic E-state index is 0.117. The van der Waals surface area contributed by atoms with Gasteiger partial charge in [0.2, 0.25) is 0 Å². The van der Waals surface area contributed by atoms with Gasteiger partial charge >= 0.3 is 0 Å². The molecule has 0 amide bonds. The Kier molecular flexibility index (Phi) is 4.39. The number of rotatable bonds is 3. The molecule has 1 aromatic rings. The van der Waals surface area contributed by atoms with Crippen LogP contribution in [0, 0.1) is 0 Å². The fourth-order valence-corrected chi connectivity index (χ4v) is 2.96. The van der Waals surface area contributed by atoms with Crippen molar-refractivity contribution in [1.82, 2.24) is 5.32 Å². The minimum Gasteiger partial charge on any atom is -0.369 e. The molecule has 1 N–H and O–H groups in total. The average molecular weight is 283 g/mol. The Labute approximate surface area is 120 Å². The molecule has 1 heterocycles. The first kappa shape index (κ1) is 14.6. The van der Waals surface area contributed by atoms with Crippen LogP contribution >= 0.6 is 11.6 Å². The van der Waals surface area contributed by atoms with Gasteiger partial charge in [0.1, 0.15) is 0 Å². The van der Waals surface area contributed by atoms with E-state index in [1.165, 1.54) is 5.69 Å². The third-order valence-corrected chi connectivity index (χ3v) is 3.69. The molecule has 1 saturated heterocycles. The van der Waals surface area contributed by atoms with Gasteiger partial charge in [-0.25, -0.2) is 0 Å². The summed E-state index contributed by atoms with van der Waals surface area (Å²) in [6.45, 7) is 8.97. The van der Waals surface area contributed by atoms with Gasteiger partial charge in [0.15, 0.2) is 0 Å². The number of anilines is 1. The molecular formula is C15H23ClN2O. The molecule has 106 valence electrons. The van der Waals surface area contributed by atoms with E-state index in [1.807, 2.05) is 7.05 Å². The van der Waals surface area contributed by atoms with Crippen molar-refractivity contribution in [2.24, 2.45) is 0 Å². The third kappa shape index (κ3) is 3.62. The summed E-state index contributed by atoms with van der Waals surface area (Å²) in [7, 11) is 1.93. The summed E-state index contributed by atoms with van der Waals surface area (Å²) in [5, 5.41) is 3.95. The maximum absolute atomic E-state index is 6.34. The van der Waals surface area contributed by atoms with E-state index < -0.39 is 0 Å². The number of nitrogens with one attached hydrogen (secondary N) is 1. The summed E-state index contributed by atoms with van der Waals surface area (Å²) in [6.07, 6.45) is 0.236. The molecule has 1 atom stereocenters. The van der Waals surface area contributed by atoms with Gasteiger partial charge in [-0.2, -0.15) is 0 Å². The van der Waals surface area contributed by atoms with E-state index in [0.717, 1.165) is 30.2 Å². The zero-order valence-corrected chi connectivity index (χ0v) is 12.9. The molecule has 1 fully saturated rings. The SMILES string of the molecule is CNCc1ccc(N2CC(C)OC(C)(C)C2)cc1Cl. The van der Waals surface area contributed by atoms with Gasteiger partial charge in [0.05, 0.1) is 11.7 Å². The van der Waals surface area contributed by atoms with Crippen molar-refractivity contribution in [2.75, 3.05) is 25.0 Å². The predicted molar refractivity (Wildman–Crippen MR) is 81.1 cm³/mol. The number of ether oxygens (including phenoxy) is 1. The average Bonchev–Trinajstić information content (AvgIpc) is 2.29. The molecule has 0 aliphatic carbocycles. The Balaban J connectivity index is 2.19. The molecule has 1 aromatic carbocycles. The molecule has 1 unspecified atom stereocenters. The molecule has 19 heavy (non-hydrogen) atoms. The van der Waals surface area contributed by atoms with Crippen LogP contribution in [0.4, 0.5) is 5.69 Å². The molecule has 0 saturated carbocycles. The van der Waals surface area contributed by atoms with E-state index in [1.54, 1.807) is 0 Å². The minimum atomic E-state index is -0.117. The summed E-state index contributed by atoms with van der Waals surface area (Å²) in [6, 6.07) is 6.30. The van der Waals surface area contributed by atoms with E-state index in [9.17, 15) is 0 Å². The van der Waals surface area contributed by atoms with Crippen molar-refractivity contribution < 1.29 is 4.74 Å². The molecule has 1 aliphatic rings. The van der Waals surface area contributed by atoms with Crippen molar-refractivity contribution in [1.29, 1.82) is 0 Å². The van der Waals surface area contributed by atoms with Crippen molar-refractivity contribution >= 4 is 17.3 Å². The molecular weight excluding hydrogens is 260 g/mol. The number of halogens is 1. The number of benzene rings is 1. The monoisotopic (exact) mass is 282 g/mol. The van der Waals surface area contributed by atoms with Crippen LogP contribution in [0.1, 0.15) is 26.3 Å². The maximum Gasteiger partial charge on any atom is 0.0805 e. The molecule has 0 bridgehead atoms. The number of hydrogen-bond acceptors (Lipinski definition) is 3. The van der Waals surface area contributed by atoms with Gasteiger partial charge in [0, 0.05) is 30.3 Å². The lowest BCUT2D eigenvalue weighted by Gasteiger charge is -2.43. The zero-order chi connectivity index (χ0) is 14.0. The van der Waals surface area contributed by atoms with Crippen LogP contribution in [-0.4, -0.2) is 31.8 Å². The fourth-order valence-electron chi connectivity index (χ4n) is 2.72. The standard InChI is InChI=1S/C15H23ClN2O/c1-11-9-18(10-15(2,3)19-11)13-6-5-12(8-17-4)14(16)7-13/h5-7,11,17H,8-10H2,1-4H3. The fraction of sp³-hybridized carbons (Fsp3) is 0.600. The van der Waals surface area contributed by atoms with E-state index >= 15 is 0 Å². The van der Waals surface area contributed by atoms with E-state index in [0.29, 0.717) is 0 Å². The smallest absolute Gasteiger partial charge is 0.0805 e. The first-order valence-electron chi connectivity index (χ1n) is 6.77. The number of hydrogen-bond donors (Lipinski definition) is 1. The Bertz CT molecular complexity index is 448. The van der Waals surface area contributed by atoms with Crippen molar-refractivity contribution in [2.45, 2.75) is 39.0 Å². The van der Waals surface area contributed by atoms with Gasteiger partial charge in [-0.1, -0.05) is 17.7 Å². The molecule has 3 nitrogen and oxygen atoms in total. The molecule has 0 radical (unpaired) electrons. The highest BCUT2D eigenvalue weighted by atomic mass is 35.5. The summed E-state index contributed by atoms with van der Waals surface area (Å²) in [5.41, 5.74) is 2.19. The number of nitrogens with zero attached hydrogens (tertiary/aromatic N) is 1. The lowest BCUT2D eigenvalue weighted by molar-refractivity contribution is -0.0749. The van der Waals surface area contributed by atoms with Crippen LogP contribution in [0.2, 0.25) is 5.02 Å². The number of morpholine rings is 1. The molecule has 0 spiro atoms. The van der Waals surface area contributed by atoms with Crippen molar-refractivity contribution in [3.63, 3.8) is 0 Å². The first-order chi connectivity index (χ1) is 8.91. The highest BCUT2D eigenvalue weighted by Crippen LogP contribution is 2.29. The summed E-state index contributed by atoms with van der Waals surface area (Å²) in [5.74, 6) is 0. The Morgan fingerprint density at radius 3 is 2.79 bits per heavy atom. The second-order valence-electron chi connectivity index (χ2n) is 5.87. The lowest BCUT2D eigenvalue weighted by atomic mass is 10.0. The zero-order valence-electron chi connectivity index (χ0n) is 12.2. The lowest BCUT2D eigenvalue weighted by Crippen LogP contribution is -2.52. The van der Waals surface area contributed by atoms with Crippen molar-refractivity contribution in [3.8, 4) is 0 Å². The Morgan fingerprint density at radius 2 is 2.21 bits per heavy atom. The predicted octanol–water partition coefficient (Wildman–Crippen LogP) is 3.06. The normalized spacial score (nSPS) is 22.6. The molecule has 2 rings (SSSR count). The summed E-state index contributed by atoms with van der Waals surface area (Å²) >= 11 is 6.34. The molecule has 4 heteroatoms. The Hall–Kier alpha value is -0.770. The maximum atomic E-state index is 6.34. The van der Waals surface area contributed by atoms with Gasteiger partial charge < -0.3 is 15.0 Å². The quantitative estimate of drug-likeness (QED) is 0.922. The highest BCUT2D eigenvalue weighted by Gasteiger charge is 2.31. The van der Waals surface area contributed by atoms with E-state index in [4.69, 9.17) is 16.3 Å². The van der Waals surface area contributed by atoms with Gasteiger partial charge in [0.25, 0.3) is 0 Å². The van der Waals surface area contributed by atoms with Crippen LogP contribution in [-0.2, 0) is 11.3 Å². The van der Waals surface area contributed by atoms with Gasteiger partial charge in [-0.15, -0.1) is 0 Å².